The second-order valence-corrected chi connectivity index (χ2v) is 6.44. The largest absolute Gasteiger partial charge is 0.697 e. The van der Waals surface area contributed by atoms with E-state index >= 15 is 0 Å². The van der Waals surface area contributed by atoms with Gasteiger partial charge in [0.25, 0.3) is 0 Å². The molecule has 0 saturated carbocycles. The van der Waals surface area contributed by atoms with Gasteiger partial charge >= 0.3 is 20.2 Å². The molecule has 0 unspecified atom stereocenters. The van der Waals surface area contributed by atoms with Crippen LogP contribution in [0.2, 0.25) is 0 Å². The van der Waals surface area contributed by atoms with Crippen molar-refractivity contribution in [1.82, 2.24) is 0 Å². The van der Waals surface area contributed by atoms with Crippen LogP contribution < -0.4 is 0 Å². The van der Waals surface area contributed by atoms with Crippen molar-refractivity contribution >= 4 is 20.2 Å². The summed E-state index contributed by atoms with van der Waals surface area (Å²) in [4.78, 5) is 21.7. The van der Waals surface area contributed by atoms with E-state index in [1.54, 1.807) is 27.7 Å². The maximum atomic E-state index is 11.5. The molecule has 0 atom stereocenters. The number of hydrogen-bond acceptors (Lipinski definition) is 7. The van der Waals surface area contributed by atoms with Crippen LogP contribution in [0.25, 0.3) is 0 Å². The normalized spacial score (nSPS) is 11.9. The number of esters is 2. The van der Waals surface area contributed by atoms with Gasteiger partial charge in [-0.2, -0.15) is 0 Å². The van der Waals surface area contributed by atoms with E-state index in [1.165, 1.54) is 13.8 Å². The zero-order valence-corrected chi connectivity index (χ0v) is 13.6. The van der Waals surface area contributed by atoms with Crippen LogP contribution in [-0.2, 0) is 32.7 Å². The van der Waals surface area contributed by atoms with Crippen molar-refractivity contribution in [2.45, 2.75) is 52.7 Å². The van der Waals surface area contributed by atoms with Gasteiger partial charge in [-0.1, -0.05) is 0 Å². The van der Waals surface area contributed by atoms with Gasteiger partial charge in [0.1, 0.15) is 24.4 Å². The van der Waals surface area contributed by atoms with E-state index in [0.29, 0.717) is 0 Å². The van der Waals surface area contributed by atoms with E-state index in [9.17, 15) is 14.2 Å². The van der Waals surface area contributed by atoms with Crippen LogP contribution in [0, 0.1) is 0 Å². The van der Waals surface area contributed by atoms with E-state index in [2.05, 4.69) is 0 Å². The Morgan fingerprint density at radius 2 is 1.15 bits per heavy atom. The minimum Gasteiger partial charge on any atom is -0.457 e. The number of ether oxygens (including phenoxy) is 2. The van der Waals surface area contributed by atoms with Gasteiger partial charge in [-0.05, 0) is 27.7 Å². The molecule has 0 radical (unpaired) electrons. The molecular formula is C12H22O7P+. The van der Waals surface area contributed by atoms with Crippen molar-refractivity contribution in [3.05, 3.63) is 0 Å². The van der Waals surface area contributed by atoms with Crippen LogP contribution in [0.5, 0.6) is 0 Å². The van der Waals surface area contributed by atoms with Crippen molar-refractivity contribution in [1.29, 1.82) is 0 Å². The van der Waals surface area contributed by atoms with Crippen LogP contribution in [0.1, 0.15) is 41.5 Å². The van der Waals surface area contributed by atoms with Crippen LogP contribution >= 0.6 is 8.25 Å². The van der Waals surface area contributed by atoms with E-state index in [4.69, 9.17) is 18.5 Å². The van der Waals surface area contributed by atoms with Gasteiger partial charge in [0.05, 0.1) is 0 Å². The van der Waals surface area contributed by atoms with E-state index in [1.807, 2.05) is 0 Å². The summed E-state index contributed by atoms with van der Waals surface area (Å²) in [5.41, 5.74) is -1.79. The Balaban J connectivity index is 4.12. The fourth-order valence-electron chi connectivity index (χ4n) is 1.29. The smallest absolute Gasteiger partial charge is 0.457 e. The molecule has 0 aliphatic rings. The number of hydrogen-bond donors (Lipinski definition) is 0. The summed E-state index contributed by atoms with van der Waals surface area (Å²) in [6, 6.07) is 0. The Kier molecular flexibility index (Phi) is 7.27. The molecule has 0 rings (SSSR count). The highest BCUT2D eigenvalue weighted by atomic mass is 31.1. The molecule has 0 spiro atoms. The van der Waals surface area contributed by atoms with Gasteiger partial charge in [0.2, 0.25) is 0 Å². The third-order valence-corrected chi connectivity index (χ3v) is 2.55. The molecular weight excluding hydrogens is 287 g/mol. The first-order valence-corrected chi connectivity index (χ1v) is 7.15. The molecule has 0 aliphatic heterocycles. The Hall–Kier alpha value is -1.04. The van der Waals surface area contributed by atoms with Crippen molar-refractivity contribution in [3.63, 3.8) is 0 Å². The molecule has 0 aliphatic carbocycles. The monoisotopic (exact) mass is 309 g/mol. The number of carbonyl (C=O) groups is 2. The van der Waals surface area contributed by atoms with Crippen molar-refractivity contribution in [2.24, 2.45) is 0 Å². The summed E-state index contributed by atoms with van der Waals surface area (Å²) in [5, 5.41) is 0. The molecule has 0 amide bonds. The Morgan fingerprint density at radius 1 is 0.850 bits per heavy atom. The van der Waals surface area contributed by atoms with Gasteiger partial charge < -0.3 is 9.47 Å². The first kappa shape index (κ1) is 19.0. The Bertz CT molecular complexity index is 342. The summed E-state index contributed by atoms with van der Waals surface area (Å²) in [6.45, 7) is 8.91. The Morgan fingerprint density at radius 3 is 1.40 bits per heavy atom. The summed E-state index contributed by atoms with van der Waals surface area (Å²) in [5.74, 6) is -0.906. The minimum atomic E-state index is -2.39. The molecule has 0 aromatic rings. The zero-order valence-electron chi connectivity index (χ0n) is 12.7. The molecule has 7 nitrogen and oxygen atoms in total. The lowest BCUT2D eigenvalue weighted by Crippen LogP contribution is -2.33. The number of carbonyl (C=O) groups excluding carboxylic acids is 2. The Labute approximate surface area is 119 Å². The highest BCUT2D eigenvalue weighted by Crippen LogP contribution is 2.28. The van der Waals surface area contributed by atoms with E-state index in [0.717, 1.165) is 0 Å². The van der Waals surface area contributed by atoms with Gasteiger partial charge in [-0.25, -0.2) is 0 Å². The summed E-state index contributed by atoms with van der Waals surface area (Å²) in [7, 11) is -2.39. The summed E-state index contributed by atoms with van der Waals surface area (Å²) < 4.78 is 31.4. The molecule has 0 N–H and O–H groups in total. The highest BCUT2D eigenvalue weighted by Gasteiger charge is 2.33. The second-order valence-electron chi connectivity index (χ2n) is 5.48. The second kappa shape index (κ2) is 7.67. The van der Waals surface area contributed by atoms with Gasteiger partial charge in [0.15, 0.2) is 0 Å². The third-order valence-electron chi connectivity index (χ3n) is 1.88. The minimum absolute atomic E-state index is 0.0736. The van der Waals surface area contributed by atoms with Gasteiger partial charge in [0, 0.05) is 18.4 Å². The highest BCUT2D eigenvalue weighted by molar-refractivity contribution is 7.33. The molecule has 8 heteroatoms. The fourth-order valence-corrected chi connectivity index (χ4v) is 2.20. The molecule has 0 bridgehead atoms. The average Bonchev–Trinajstić information content (AvgIpc) is 2.20. The molecule has 0 fully saturated rings. The lowest BCUT2D eigenvalue weighted by molar-refractivity contribution is -0.156. The molecule has 0 saturated heterocycles. The van der Waals surface area contributed by atoms with Crippen LogP contribution in [0.4, 0.5) is 0 Å². The topological polar surface area (TPSA) is 88.1 Å². The molecule has 20 heavy (non-hydrogen) atoms. The van der Waals surface area contributed by atoms with E-state index in [-0.39, 0.29) is 13.2 Å². The first-order valence-electron chi connectivity index (χ1n) is 6.06. The van der Waals surface area contributed by atoms with Crippen LogP contribution in [-0.4, -0.2) is 36.4 Å². The predicted octanol–water partition coefficient (Wildman–Crippen LogP) is 2.36. The predicted molar refractivity (Wildman–Crippen MR) is 71.2 cm³/mol. The quantitative estimate of drug-likeness (QED) is 0.502. The average molecular weight is 309 g/mol. The summed E-state index contributed by atoms with van der Waals surface area (Å²) in [6.07, 6.45) is 0. The van der Waals surface area contributed by atoms with Crippen molar-refractivity contribution in [3.8, 4) is 0 Å². The lowest BCUT2D eigenvalue weighted by atomic mass is 10.1. The van der Waals surface area contributed by atoms with Crippen molar-refractivity contribution < 1.29 is 32.7 Å². The standard InChI is InChI=1S/C12H22O7P/c1-9(13)18-11(3,4)7-16-20(15)17-8-12(5,6)19-10(2)14/h7-8H2,1-6H3/q+1. The molecule has 0 aromatic heterocycles. The SMILES string of the molecule is CC(=O)OC(C)(C)CO[P+](=O)OCC(C)(C)OC(C)=O. The molecule has 0 heterocycles. The third kappa shape index (κ3) is 9.83. The van der Waals surface area contributed by atoms with Gasteiger partial charge in [-0.3, -0.25) is 9.59 Å². The maximum absolute atomic E-state index is 11.5. The van der Waals surface area contributed by atoms with Gasteiger partial charge in [-0.15, -0.1) is 9.05 Å². The number of rotatable bonds is 8. The maximum Gasteiger partial charge on any atom is 0.697 e. The molecule has 116 valence electrons. The first-order chi connectivity index (χ1) is 8.93. The lowest BCUT2D eigenvalue weighted by Gasteiger charge is -2.22. The summed E-state index contributed by atoms with van der Waals surface area (Å²) >= 11 is 0. The zero-order chi connectivity index (χ0) is 16.0. The van der Waals surface area contributed by atoms with Crippen LogP contribution in [0.15, 0.2) is 0 Å². The van der Waals surface area contributed by atoms with Crippen LogP contribution in [0.3, 0.4) is 0 Å². The van der Waals surface area contributed by atoms with Crippen molar-refractivity contribution in [2.75, 3.05) is 13.2 Å². The van der Waals surface area contributed by atoms with E-state index < -0.39 is 31.4 Å². The molecule has 0 aromatic carbocycles. The fraction of sp³-hybridized carbons (Fsp3) is 0.833.